The van der Waals surface area contributed by atoms with Gasteiger partial charge in [0.15, 0.2) is 0 Å². The lowest BCUT2D eigenvalue weighted by molar-refractivity contribution is 0.168. The van der Waals surface area contributed by atoms with E-state index < -0.39 is 0 Å². The van der Waals surface area contributed by atoms with E-state index in [-0.39, 0.29) is 12.4 Å². The molecule has 164 valence electrons. The third-order valence-corrected chi connectivity index (χ3v) is 8.03. The normalized spacial score (nSPS) is 31.4. The summed E-state index contributed by atoms with van der Waals surface area (Å²) in [5.74, 6) is 4.15. The van der Waals surface area contributed by atoms with E-state index in [2.05, 4.69) is 55.3 Å². The van der Waals surface area contributed by atoms with Crippen LogP contribution in [0.25, 0.3) is 0 Å². The number of hydrogen-bond acceptors (Lipinski definition) is 2. The molecule has 4 aliphatic rings. The number of rotatable bonds is 3. The lowest BCUT2D eigenvalue weighted by atomic mass is 9.68. The van der Waals surface area contributed by atoms with Crippen LogP contribution in [-0.2, 0) is 6.54 Å². The van der Waals surface area contributed by atoms with Crippen LogP contribution in [-0.4, -0.2) is 31.1 Å². The van der Waals surface area contributed by atoms with Gasteiger partial charge in [-0.3, -0.25) is 4.90 Å². The molecule has 0 spiro atoms. The van der Waals surface area contributed by atoms with Crippen molar-refractivity contribution in [3.8, 4) is 0 Å². The maximum absolute atomic E-state index is 3.46. The highest BCUT2D eigenvalue weighted by Gasteiger charge is 2.44. The minimum absolute atomic E-state index is 0. The molecule has 2 nitrogen and oxygen atoms in total. The highest BCUT2D eigenvalue weighted by Crippen LogP contribution is 2.55. The average molecular weight is 419 g/mol. The fourth-order valence-electron chi connectivity index (χ4n) is 5.64. The third kappa shape index (κ3) is 6.21. The zero-order chi connectivity index (χ0) is 19.6. The van der Waals surface area contributed by atoms with Crippen molar-refractivity contribution >= 4 is 12.4 Å². The van der Waals surface area contributed by atoms with Crippen LogP contribution in [0.5, 0.6) is 0 Å². The first-order valence-corrected chi connectivity index (χ1v) is 12.0. The van der Waals surface area contributed by atoms with Crippen LogP contribution >= 0.6 is 12.4 Å². The molecule has 0 bridgehead atoms. The number of halogens is 1. The van der Waals surface area contributed by atoms with E-state index in [0.29, 0.717) is 5.41 Å². The van der Waals surface area contributed by atoms with Crippen molar-refractivity contribution in [2.24, 2.45) is 23.2 Å². The Morgan fingerprint density at radius 3 is 2.03 bits per heavy atom. The molecule has 2 unspecified atom stereocenters. The molecule has 29 heavy (non-hydrogen) atoms. The molecule has 3 saturated carbocycles. The zero-order valence-electron chi connectivity index (χ0n) is 19.0. The first kappa shape index (κ1) is 23.1. The third-order valence-electron chi connectivity index (χ3n) is 8.03. The van der Waals surface area contributed by atoms with Crippen molar-refractivity contribution in [2.45, 2.75) is 78.2 Å². The predicted octanol–water partition coefficient (Wildman–Crippen LogP) is 6.25. The molecule has 3 aliphatic carbocycles. The molecule has 0 amide bonds. The average Bonchev–Trinajstić information content (AvgIpc) is 3.28. The van der Waals surface area contributed by atoms with E-state index in [9.17, 15) is 0 Å². The van der Waals surface area contributed by atoms with Crippen molar-refractivity contribution in [2.75, 3.05) is 26.2 Å². The lowest BCUT2D eigenvalue weighted by Crippen LogP contribution is -2.43. The second-order valence-electron chi connectivity index (χ2n) is 11.0. The second kappa shape index (κ2) is 10.2. The van der Waals surface area contributed by atoms with E-state index in [4.69, 9.17) is 0 Å². The summed E-state index contributed by atoms with van der Waals surface area (Å²) in [6.45, 7) is 13.0. The molecule has 1 heterocycles. The Bertz CT molecular complexity index is 612. The van der Waals surface area contributed by atoms with E-state index in [1.54, 1.807) is 30.4 Å². The smallest absolute Gasteiger partial charge is 0.0237 e. The summed E-state index contributed by atoms with van der Waals surface area (Å²) in [5, 5.41) is 3.46. The van der Waals surface area contributed by atoms with Crippen LogP contribution in [0, 0.1) is 23.2 Å². The van der Waals surface area contributed by atoms with Gasteiger partial charge in [-0.1, -0.05) is 45.0 Å². The van der Waals surface area contributed by atoms with Crippen LogP contribution in [0.4, 0.5) is 0 Å². The Kier molecular flexibility index (Phi) is 8.09. The van der Waals surface area contributed by atoms with E-state index in [0.717, 1.165) is 31.5 Å². The minimum atomic E-state index is 0. The Morgan fingerprint density at radius 1 is 0.897 bits per heavy atom. The summed E-state index contributed by atoms with van der Waals surface area (Å²) in [6.07, 6.45) is 10.3. The number of nitrogens with zero attached hydrogens (tertiary/aromatic N) is 1. The van der Waals surface area contributed by atoms with Gasteiger partial charge in [-0.25, -0.2) is 0 Å². The monoisotopic (exact) mass is 418 g/mol. The molecule has 1 aromatic carbocycles. The van der Waals surface area contributed by atoms with Gasteiger partial charge < -0.3 is 5.32 Å². The van der Waals surface area contributed by atoms with Gasteiger partial charge in [0.1, 0.15) is 0 Å². The first-order valence-electron chi connectivity index (χ1n) is 12.0. The molecular weight excluding hydrogens is 376 g/mol. The number of nitrogens with one attached hydrogen (secondary N) is 1. The number of piperazine rings is 1. The second-order valence-corrected chi connectivity index (χ2v) is 11.0. The Balaban J connectivity index is 0.000000342. The van der Waals surface area contributed by atoms with Crippen molar-refractivity contribution in [3.05, 3.63) is 35.4 Å². The fraction of sp³-hybridized carbons (Fsp3) is 0.769. The van der Waals surface area contributed by atoms with Gasteiger partial charge in [0.25, 0.3) is 0 Å². The molecule has 5 rings (SSSR count). The standard InChI is InChI=1S/C21H34N2.C5H8.ClH/c1-21(2,3)19-10-8-17(9-11-19)20-7-5-4-6-18(20)16-23-14-12-22-13-15-23;1-2-5-3-4(1)5;/h4-7,17,19,22H,8-16H2,1-3H3;4-5H,1-3H2;1H. The van der Waals surface area contributed by atoms with Gasteiger partial charge in [-0.2, -0.15) is 0 Å². The first-order chi connectivity index (χ1) is 13.5. The summed E-state index contributed by atoms with van der Waals surface area (Å²) in [5.41, 5.74) is 3.69. The number of hydrogen-bond donors (Lipinski definition) is 1. The summed E-state index contributed by atoms with van der Waals surface area (Å²) in [4.78, 5) is 2.61. The Morgan fingerprint density at radius 2 is 1.52 bits per heavy atom. The highest BCUT2D eigenvalue weighted by molar-refractivity contribution is 5.85. The van der Waals surface area contributed by atoms with Gasteiger partial charge in [0.2, 0.25) is 0 Å². The molecule has 1 N–H and O–H groups in total. The lowest BCUT2D eigenvalue weighted by Gasteiger charge is -2.38. The Hall–Kier alpha value is -0.570. The maximum Gasteiger partial charge on any atom is 0.0237 e. The van der Waals surface area contributed by atoms with E-state index in [1.807, 2.05) is 0 Å². The summed E-state index contributed by atoms with van der Waals surface area (Å²) in [7, 11) is 0. The summed E-state index contributed by atoms with van der Waals surface area (Å²) in [6, 6.07) is 9.24. The number of fused-ring (bicyclic) bond motifs is 1. The van der Waals surface area contributed by atoms with Crippen LogP contribution in [0.1, 0.15) is 82.8 Å². The zero-order valence-corrected chi connectivity index (χ0v) is 19.8. The topological polar surface area (TPSA) is 15.3 Å². The van der Waals surface area contributed by atoms with Gasteiger partial charge in [0.05, 0.1) is 0 Å². The quantitative estimate of drug-likeness (QED) is 0.623. The SMILES string of the molecule is C1CC2CC12.CC(C)(C)C1CCC(c2ccccc2CN2CCNCC2)CC1.Cl. The molecular formula is C26H43ClN2. The molecule has 3 heteroatoms. The Labute approximate surface area is 185 Å². The van der Waals surface area contributed by atoms with Gasteiger partial charge >= 0.3 is 0 Å². The highest BCUT2D eigenvalue weighted by atomic mass is 35.5. The molecule has 0 aromatic heterocycles. The molecule has 1 aliphatic heterocycles. The van der Waals surface area contributed by atoms with E-state index in [1.165, 1.54) is 50.6 Å². The van der Waals surface area contributed by atoms with Crippen molar-refractivity contribution in [1.29, 1.82) is 0 Å². The molecule has 2 atom stereocenters. The minimum Gasteiger partial charge on any atom is -0.314 e. The summed E-state index contributed by atoms with van der Waals surface area (Å²) >= 11 is 0. The number of benzene rings is 1. The fourth-order valence-corrected chi connectivity index (χ4v) is 5.64. The van der Waals surface area contributed by atoms with Crippen LogP contribution < -0.4 is 5.32 Å². The van der Waals surface area contributed by atoms with Gasteiger partial charge in [-0.05, 0) is 85.2 Å². The van der Waals surface area contributed by atoms with Gasteiger partial charge in [0, 0.05) is 32.7 Å². The van der Waals surface area contributed by atoms with E-state index >= 15 is 0 Å². The van der Waals surface area contributed by atoms with Crippen LogP contribution in [0.15, 0.2) is 24.3 Å². The predicted molar refractivity (Wildman–Crippen MR) is 127 cm³/mol. The maximum atomic E-state index is 3.46. The molecule has 0 radical (unpaired) electrons. The van der Waals surface area contributed by atoms with Crippen molar-refractivity contribution < 1.29 is 0 Å². The molecule has 1 aromatic rings. The van der Waals surface area contributed by atoms with Crippen molar-refractivity contribution in [3.63, 3.8) is 0 Å². The van der Waals surface area contributed by atoms with Crippen molar-refractivity contribution in [1.82, 2.24) is 10.2 Å². The largest absolute Gasteiger partial charge is 0.314 e. The summed E-state index contributed by atoms with van der Waals surface area (Å²) < 4.78 is 0. The molecule has 1 saturated heterocycles. The molecule has 4 fully saturated rings. The van der Waals surface area contributed by atoms with Gasteiger partial charge in [-0.15, -0.1) is 12.4 Å². The van der Waals surface area contributed by atoms with Crippen LogP contribution in [0.2, 0.25) is 0 Å². The van der Waals surface area contributed by atoms with Crippen LogP contribution in [0.3, 0.4) is 0 Å².